The van der Waals surface area contributed by atoms with Gasteiger partial charge in [0.15, 0.2) is 0 Å². The number of rotatable bonds is 4. The average molecular weight is 543 g/mol. The lowest BCUT2D eigenvalue weighted by atomic mass is 10.1. The van der Waals surface area contributed by atoms with Gasteiger partial charge in [0, 0.05) is 14.5 Å². The van der Waals surface area contributed by atoms with E-state index in [4.69, 9.17) is 0 Å². The number of fused-ring (bicyclic) bond motifs is 1. The minimum absolute atomic E-state index is 0.218. The molecule has 0 fully saturated rings. The van der Waals surface area contributed by atoms with Gasteiger partial charge < -0.3 is 0 Å². The predicted molar refractivity (Wildman–Crippen MR) is 132 cm³/mol. The fraction of sp³-hybridized carbons (Fsp3) is 0.0870. The van der Waals surface area contributed by atoms with Crippen molar-refractivity contribution in [3.05, 3.63) is 91.9 Å². The number of hydrogen-bond acceptors (Lipinski definition) is 4. The number of thiazole rings is 1. The van der Waals surface area contributed by atoms with Crippen LogP contribution in [0.5, 0.6) is 0 Å². The highest BCUT2D eigenvalue weighted by Crippen LogP contribution is 2.32. The van der Waals surface area contributed by atoms with Gasteiger partial charge in [0.2, 0.25) is 5.13 Å². The molecular weight excluding hydrogens is 526 g/mol. The Labute approximate surface area is 195 Å². The number of halogens is 2. The molecule has 0 atom stereocenters. The molecule has 4 aromatic rings. The van der Waals surface area contributed by atoms with Crippen LogP contribution in [0.25, 0.3) is 10.2 Å². The summed E-state index contributed by atoms with van der Waals surface area (Å²) in [6.45, 7) is 4.02. The van der Waals surface area contributed by atoms with Gasteiger partial charge in [0.1, 0.15) is 0 Å². The number of hydrogen-bond donors (Lipinski definition) is 0. The maximum Gasteiger partial charge on any atom is 0.280 e. The van der Waals surface area contributed by atoms with Crippen LogP contribution in [0.15, 0.2) is 74.7 Å². The number of hydrazone groups is 1. The molecule has 4 rings (SSSR count). The Bertz CT molecular complexity index is 1270. The largest absolute Gasteiger partial charge is 0.280 e. The molecule has 0 aliphatic heterocycles. The van der Waals surface area contributed by atoms with Gasteiger partial charge in [-0.3, -0.25) is 4.79 Å². The summed E-state index contributed by atoms with van der Waals surface area (Å²) < 4.78 is 2.94. The standard InChI is InChI=1S/C23H17Br2N3OS/c1-14-3-6-17(11-15(14)2)22(29)28(26-13-16-4-7-18(24)8-5-16)23-27-20-10-9-19(25)12-21(20)30-23/h3-13H,1-2H3/b26-13+. The summed E-state index contributed by atoms with van der Waals surface area (Å²) >= 11 is 8.35. The summed E-state index contributed by atoms with van der Waals surface area (Å²) in [4.78, 5) is 18.0. The first-order valence-electron chi connectivity index (χ1n) is 9.18. The molecule has 0 unspecified atom stereocenters. The van der Waals surface area contributed by atoms with E-state index in [2.05, 4.69) is 41.9 Å². The molecular formula is C23H17Br2N3OS. The molecule has 30 heavy (non-hydrogen) atoms. The fourth-order valence-electron chi connectivity index (χ4n) is 2.84. The van der Waals surface area contributed by atoms with E-state index in [1.54, 1.807) is 6.21 Å². The topological polar surface area (TPSA) is 45.6 Å². The first-order chi connectivity index (χ1) is 14.4. The Balaban J connectivity index is 1.77. The maximum atomic E-state index is 13.4. The lowest BCUT2D eigenvalue weighted by Crippen LogP contribution is -2.25. The van der Waals surface area contributed by atoms with Crippen LogP contribution in [0.1, 0.15) is 27.0 Å². The smallest absolute Gasteiger partial charge is 0.267 e. The molecule has 1 aromatic heterocycles. The first-order valence-corrected chi connectivity index (χ1v) is 11.6. The number of carbonyl (C=O) groups is 1. The van der Waals surface area contributed by atoms with E-state index in [-0.39, 0.29) is 5.91 Å². The summed E-state index contributed by atoms with van der Waals surface area (Å²) in [5.41, 5.74) is 4.49. The van der Waals surface area contributed by atoms with E-state index >= 15 is 0 Å². The molecule has 150 valence electrons. The summed E-state index contributed by atoms with van der Waals surface area (Å²) in [5, 5.41) is 6.43. The Morgan fingerprint density at radius 2 is 1.70 bits per heavy atom. The van der Waals surface area contributed by atoms with Crippen molar-refractivity contribution >= 4 is 70.7 Å². The van der Waals surface area contributed by atoms with Crippen LogP contribution < -0.4 is 5.01 Å². The number of nitrogens with zero attached hydrogens (tertiary/aromatic N) is 3. The van der Waals surface area contributed by atoms with Gasteiger partial charge >= 0.3 is 0 Å². The van der Waals surface area contributed by atoms with Crippen molar-refractivity contribution in [2.45, 2.75) is 13.8 Å². The second-order valence-corrected chi connectivity index (χ2v) is 9.66. The van der Waals surface area contributed by atoms with Gasteiger partial charge in [-0.25, -0.2) is 4.98 Å². The number of benzene rings is 3. The van der Waals surface area contributed by atoms with Crippen molar-refractivity contribution in [2.24, 2.45) is 5.10 Å². The van der Waals surface area contributed by atoms with Crippen LogP contribution in [-0.4, -0.2) is 17.1 Å². The minimum atomic E-state index is -0.218. The SMILES string of the molecule is Cc1ccc(C(=O)N(/N=C/c2ccc(Br)cc2)c2nc3ccc(Br)cc3s2)cc1C. The lowest BCUT2D eigenvalue weighted by molar-refractivity contribution is 0.0988. The molecule has 0 aliphatic carbocycles. The predicted octanol–water partition coefficient (Wildman–Crippen LogP) is 7.12. The zero-order valence-corrected chi connectivity index (χ0v) is 20.3. The highest BCUT2D eigenvalue weighted by atomic mass is 79.9. The number of amides is 1. The Hall–Kier alpha value is -2.35. The quantitative estimate of drug-likeness (QED) is 0.203. The molecule has 0 bridgehead atoms. The van der Waals surface area contributed by atoms with E-state index < -0.39 is 0 Å². The van der Waals surface area contributed by atoms with Crippen molar-refractivity contribution in [1.29, 1.82) is 0 Å². The van der Waals surface area contributed by atoms with Crippen molar-refractivity contribution in [1.82, 2.24) is 4.98 Å². The van der Waals surface area contributed by atoms with Crippen molar-refractivity contribution in [3.8, 4) is 0 Å². The molecule has 4 nitrogen and oxygen atoms in total. The molecule has 0 radical (unpaired) electrons. The monoisotopic (exact) mass is 541 g/mol. The number of carbonyl (C=O) groups excluding carboxylic acids is 1. The van der Waals surface area contributed by atoms with E-state index in [0.29, 0.717) is 10.7 Å². The van der Waals surface area contributed by atoms with E-state index in [9.17, 15) is 4.79 Å². The van der Waals surface area contributed by atoms with Crippen LogP contribution in [0.3, 0.4) is 0 Å². The number of anilines is 1. The second-order valence-electron chi connectivity index (χ2n) is 6.82. The lowest BCUT2D eigenvalue weighted by Gasteiger charge is -2.14. The fourth-order valence-corrected chi connectivity index (χ4v) is 4.57. The van der Waals surface area contributed by atoms with Gasteiger partial charge in [-0.05, 0) is 73.0 Å². The zero-order valence-electron chi connectivity index (χ0n) is 16.3. The molecule has 1 heterocycles. The minimum Gasteiger partial charge on any atom is -0.267 e. The van der Waals surface area contributed by atoms with Crippen molar-refractivity contribution in [3.63, 3.8) is 0 Å². The Morgan fingerprint density at radius 3 is 2.43 bits per heavy atom. The number of aromatic nitrogens is 1. The molecule has 7 heteroatoms. The third-order valence-electron chi connectivity index (χ3n) is 4.66. The van der Waals surface area contributed by atoms with Crippen LogP contribution in [0.2, 0.25) is 0 Å². The second kappa shape index (κ2) is 8.79. The van der Waals surface area contributed by atoms with Gasteiger partial charge in [-0.2, -0.15) is 10.1 Å². The highest BCUT2D eigenvalue weighted by Gasteiger charge is 2.21. The van der Waals surface area contributed by atoms with Gasteiger partial charge in [0.25, 0.3) is 5.91 Å². The van der Waals surface area contributed by atoms with E-state index in [1.165, 1.54) is 16.3 Å². The molecule has 0 saturated heterocycles. The molecule has 0 aliphatic rings. The average Bonchev–Trinajstić information content (AvgIpc) is 3.14. The summed E-state index contributed by atoms with van der Waals surface area (Å²) in [6, 6.07) is 19.3. The molecule has 3 aromatic carbocycles. The van der Waals surface area contributed by atoms with Gasteiger partial charge in [0.05, 0.1) is 16.4 Å². The summed E-state index contributed by atoms with van der Waals surface area (Å²) in [5.74, 6) is -0.218. The maximum absolute atomic E-state index is 13.4. The van der Waals surface area contributed by atoms with E-state index in [1.807, 2.05) is 74.5 Å². The summed E-state index contributed by atoms with van der Waals surface area (Å²) in [6.07, 6.45) is 1.67. The van der Waals surface area contributed by atoms with Gasteiger partial charge in [-0.1, -0.05) is 61.4 Å². The van der Waals surface area contributed by atoms with E-state index in [0.717, 1.165) is 35.9 Å². The summed E-state index contributed by atoms with van der Waals surface area (Å²) in [7, 11) is 0. The third-order valence-corrected chi connectivity index (χ3v) is 6.67. The molecule has 0 spiro atoms. The first kappa shape index (κ1) is 20.9. The van der Waals surface area contributed by atoms with Crippen LogP contribution in [0.4, 0.5) is 5.13 Å². The van der Waals surface area contributed by atoms with Crippen LogP contribution in [0, 0.1) is 13.8 Å². The molecule has 1 amide bonds. The van der Waals surface area contributed by atoms with Crippen molar-refractivity contribution < 1.29 is 4.79 Å². The molecule has 0 N–H and O–H groups in total. The molecule has 0 saturated carbocycles. The third kappa shape index (κ3) is 4.53. The Kier molecular flexibility index (Phi) is 6.13. The highest BCUT2D eigenvalue weighted by molar-refractivity contribution is 9.10. The van der Waals surface area contributed by atoms with Crippen LogP contribution in [-0.2, 0) is 0 Å². The van der Waals surface area contributed by atoms with Gasteiger partial charge in [-0.15, -0.1) is 0 Å². The van der Waals surface area contributed by atoms with Crippen LogP contribution >= 0.6 is 43.2 Å². The zero-order chi connectivity index (χ0) is 21.3. The van der Waals surface area contributed by atoms with Crippen molar-refractivity contribution in [2.75, 3.05) is 5.01 Å². The Morgan fingerprint density at radius 1 is 0.967 bits per heavy atom. The normalized spacial score (nSPS) is 11.3. The number of aryl methyl sites for hydroxylation is 2.